The van der Waals surface area contributed by atoms with Gasteiger partial charge in [0.25, 0.3) is 0 Å². The van der Waals surface area contributed by atoms with Crippen molar-refractivity contribution in [2.45, 2.75) is 18.8 Å². The van der Waals surface area contributed by atoms with E-state index in [2.05, 4.69) is 11.4 Å². The number of nitrogens with zero attached hydrogens (tertiary/aromatic N) is 1. The van der Waals surface area contributed by atoms with Crippen molar-refractivity contribution in [3.8, 4) is 6.07 Å². The Bertz CT molecular complexity index is 712. The number of hydrogen-bond donors (Lipinski definition) is 1. The molecule has 1 amide bonds. The molecule has 3 rings (SSSR count). The van der Waals surface area contributed by atoms with Gasteiger partial charge in [-0.1, -0.05) is 23.7 Å². The highest BCUT2D eigenvalue weighted by atomic mass is 35.5. The summed E-state index contributed by atoms with van der Waals surface area (Å²) in [6.07, 6.45) is 2.15. The number of nitriles is 1. The third-order valence-electron chi connectivity index (χ3n) is 3.89. The molecular weight excluding hydrogens is 296 g/mol. The molecule has 2 aromatic rings. The van der Waals surface area contributed by atoms with Crippen LogP contribution in [0.15, 0.2) is 48.5 Å². The Morgan fingerprint density at radius 3 is 2.32 bits per heavy atom. The van der Waals surface area contributed by atoms with E-state index in [4.69, 9.17) is 16.9 Å². The average molecular weight is 311 g/mol. The molecule has 22 heavy (non-hydrogen) atoms. The molecule has 110 valence electrons. The standard InChI is InChI=1S/C18H15ClN2O/c19-15-7-5-14(6-8-15)17(13-3-4-13)18(22)21-16-9-1-12(11-20)2-10-16/h1-2,5-10,13,17H,3-4H2,(H,21,22). The number of amides is 1. The normalized spacial score (nSPS) is 14.9. The van der Waals surface area contributed by atoms with Gasteiger partial charge in [-0.25, -0.2) is 0 Å². The SMILES string of the molecule is N#Cc1ccc(NC(=O)C(c2ccc(Cl)cc2)C2CC2)cc1. The zero-order chi connectivity index (χ0) is 15.5. The lowest BCUT2D eigenvalue weighted by Crippen LogP contribution is -2.22. The molecule has 1 unspecified atom stereocenters. The van der Waals surface area contributed by atoms with Crippen LogP contribution in [0.2, 0.25) is 5.02 Å². The fourth-order valence-electron chi connectivity index (χ4n) is 2.59. The number of rotatable bonds is 4. The van der Waals surface area contributed by atoms with Gasteiger partial charge in [-0.15, -0.1) is 0 Å². The second-order valence-corrected chi connectivity index (χ2v) is 5.98. The highest BCUT2D eigenvalue weighted by molar-refractivity contribution is 6.30. The van der Waals surface area contributed by atoms with Crippen molar-refractivity contribution in [3.63, 3.8) is 0 Å². The minimum absolute atomic E-state index is 0.00506. The predicted octanol–water partition coefficient (Wildman–Crippen LogP) is 4.34. The summed E-state index contributed by atoms with van der Waals surface area (Å²) in [4.78, 5) is 12.6. The fourth-order valence-corrected chi connectivity index (χ4v) is 2.71. The van der Waals surface area contributed by atoms with Crippen LogP contribution in [0, 0.1) is 17.2 Å². The van der Waals surface area contributed by atoms with Crippen molar-refractivity contribution in [2.24, 2.45) is 5.92 Å². The average Bonchev–Trinajstić information content (AvgIpc) is 3.35. The molecule has 0 spiro atoms. The van der Waals surface area contributed by atoms with Crippen LogP contribution in [0.3, 0.4) is 0 Å². The molecule has 0 saturated heterocycles. The first-order valence-corrected chi connectivity index (χ1v) is 7.61. The van der Waals surface area contributed by atoms with Crippen LogP contribution in [0.1, 0.15) is 29.9 Å². The zero-order valence-electron chi connectivity index (χ0n) is 11.9. The molecule has 1 saturated carbocycles. The zero-order valence-corrected chi connectivity index (χ0v) is 12.7. The number of nitrogens with one attached hydrogen (secondary N) is 1. The molecule has 0 aromatic heterocycles. The highest BCUT2D eigenvalue weighted by Gasteiger charge is 2.37. The lowest BCUT2D eigenvalue weighted by molar-refractivity contribution is -0.118. The Morgan fingerprint density at radius 1 is 1.14 bits per heavy atom. The lowest BCUT2D eigenvalue weighted by atomic mass is 9.93. The second kappa shape index (κ2) is 6.21. The molecule has 1 N–H and O–H groups in total. The van der Waals surface area contributed by atoms with Gasteiger partial charge in [0.15, 0.2) is 0 Å². The highest BCUT2D eigenvalue weighted by Crippen LogP contribution is 2.43. The molecular formula is C18H15ClN2O. The van der Waals surface area contributed by atoms with Crippen LogP contribution >= 0.6 is 11.6 Å². The van der Waals surface area contributed by atoms with Crippen LogP contribution in [0.4, 0.5) is 5.69 Å². The minimum Gasteiger partial charge on any atom is -0.326 e. The first kappa shape index (κ1) is 14.6. The number of carbonyl (C=O) groups excluding carboxylic acids is 1. The van der Waals surface area contributed by atoms with E-state index in [-0.39, 0.29) is 11.8 Å². The molecule has 0 aliphatic heterocycles. The maximum atomic E-state index is 12.6. The smallest absolute Gasteiger partial charge is 0.232 e. The predicted molar refractivity (Wildman–Crippen MR) is 86.7 cm³/mol. The van der Waals surface area contributed by atoms with Crippen molar-refractivity contribution in [1.82, 2.24) is 0 Å². The Labute approximate surface area is 134 Å². The largest absolute Gasteiger partial charge is 0.326 e. The lowest BCUT2D eigenvalue weighted by Gasteiger charge is -2.17. The maximum absolute atomic E-state index is 12.6. The first-order chi connectivity index (χ1) is 10.7. The van der Waals surface area contributed by atoms with Gasteiger partial charge >= 0.3 is 0 Å². The third-order valence-corrected chi connectivity index (χ3v) is 4.14. The van der Waals surface area contributed by atoms with E-state index in [0.29, 0.717) is 22.2 Å². The van der Waals surface area contributed by atoms with Crippen molar-refractivity contribution in [1.29, 1.82) is 5.26 Å². The van der Waals surface area contributed by atoms with E-state index in [0.717, 1.165) is 18.4 Å². The van der Waals surface area contributed by atoms with Gasteiger partial charge in [0, 0.05) is 10.7 Å². The van der Waals surface area contributed by atoms with Gasteiger partial charge in [-0.3, -0.25) is 4.79 Å². The Hall–Kier alpha value is -2.31. The van der Waals surface area contributed by atoms with E-state index in [9.17, 15) is 4.79 Å². The van der Waals surface area contributed by atoms with E-state index >= 15 is 0 Å². The molecule has 1 aliphatic carbocycles. The molecule has 1 atom stereocenters. The summed E-state index contributed by atoms with van der Waals surface area (Å²) < 4.78 is 0. The maximum Gasteiger partial charge on any atom is 0.232 e. The number of anilines is 1. The molecule has 0 radical (unpaired) electrons. The Balaban J connectivity index is 1.78. The number of carbonyl (C=O) groups is 1. The van der Waals surface area contributed by atoms with Crippen LogP contribution in [0.5, 0.6) is 0 Å². The van der Waals surface area contributed by atoms with Crippen LogP contribution in [-0.2, 0) is 4.79 Å². The summed E-state index contributed by atoms with van der Waals surface area (Å²) in [6.45, 7) is 0. The molecule has 1 aliphatic rings. The summed E-state index contributed by atoms with van der Waals surface area (Å²) in [6, 6.07) is 16.4. The summed E-state index contributed by atoms with van der Waals surface area (Å²) in [5, 5.41) is 12.4. The molecule has 1 fully saturated rings. The number of hydrogen-bond acceptors (Lipinski definition) is 2. The first-order valence-electron chi connectivity index (χ1n) is 7.24. The number of halogens is 1. The molecule has 4 heteroatoms. The van der Waals surface area contributed by atoms with Gasteiger partial charge in [0.1, 0.15) is 0 Å². The van der Waals surface area contributed by atoms with Gasteiger partial charge in [0.2, 0.25) is 5.91 Å². The van der Waals surface area contributed by atoms with Crippen molar-refractivity contribution < 1.29 is 4.79 Å². The van der Waals surface area contributed by atoms with Crippen LogP contribution in [-0.4, -0.2) is 5.91 Å². The molecule has 0 bridgehead atoms. The summed E-state index contributed by atoms with van der Waals surface area (Å²) in [5.74, 6) is 0.252. The molecule has 3 nitrogen and oxygen atoms in total. The fraction of sp³-hybridized carbons (Fsp3) is 0.222. The van der Waals surface area contributed by atoms with E-state index in [1.54, 1.807) is 24.3 Å². The third kappa shape index (κ3) is 3.29. The Morgan fingerprint density at radius 2 is 1.77 bits per heavy atom. The summed E-state index contributed by atoms with van der Waals surface area (Å²) in [5.41, 5.74) is 2.29. The minimum atomic E-state index is -0.145. The topological polar surface area (TPSA) is 52.9 Å². The van der Waals surface area contributed by atoms with Crippen LogP contribution < -0.4 is 5.32 Å². The molecule has 0 heterocycles. The van der Waals surface area contributed by atoms with E-state index in [1.165, 1.54) is 0 Å². The molecule has 2 aromatic carbocycles. The number of benzene rings is 2. The summed E-state index contributed by atoms with van der Waals surface area (Å²) >= 11 is 5.92. The van der Waals surface area contributed by atoms with Gasteiger partial charge < -0.3 is 5.32 Å². The summed E-state index contributed by atoms with van der Waals surface area (Å²) in [7, 11) is 0. The van der Waals surface area contributed by atoms with Gasteiger partial charge in [0.05, 0.1) is 17.6 Å². The van der Waals surface area contributed by atoms with Gasteiger partial charge in [-0.2, -0.15) is 5.26 Å². The van der Waals surface area contributed by atoms with Crippen LogP contribution in [0.25, 0.3) is 0 Å². The Kier molecular flexibility index (Phi) is 4.13. The second-order valence-electron chi connectivity index (χ2n) is 5.55. The quantitative estimate of drug-likeness (QED) is 0.913. The van der Waals surface area contributed by atoms with E-state index in [1.807, 2.05) is 24.3 Å². The van der Waals surface area contributed by atoms with E-state index < -0.39 is 0 Å². The van der Waals surface area contributed by atoms with Gasteiger partial charge in [-0.05, 0) is 60.7 Å². The monoisotopic (exact) mass is 310 g/mol. The van der Waals surface area contributed by atoms with Crippen molar-refractivity contribution >= 4 is 23.2 Å². The van der Waals surface area contributed by atoms with Crippen molar-refractivity contribution in [2.75, 3.05) is 5.32 Å². The van der Waals surface area contributed by atoms with Crippen molar-refractivity contribution in [3.05, 3.63) is 64.7 Å².